The number of morpholine rings is 1. The van der Waals surface area contributed by atoms with Crippen LogP contribution in [0.15, 0.2) is 59.0 Å². The SMILES string of the molecule is CS(=O)(=O)NCc1ccc(N(N)C2=C(C(I)C(=O)N3CCOCC3)CS(=O)(=O)c3ccccc32)cc1. The number of amides is 1. The summed E-state index contributed by atoms with van der Waals surface area (Å²) in [4.78, 5) is 15.2. The highest BCUT2D eigenvalue weighted by Gasteiger charge is 2.38. The summed E-state index contributed by atoms with van der Waals surface area (Å²) in [5, 5.41) is 1.40. The second-order valence-electron chi connectivity index (χ2n) is 8.56. The lowest BCUT2D eigenvalue weighted by Crippen LogP contribution is -2.46. The lowest BCUT2D eigenvalue weighted by atomic mass is 10.0. The van der Waals surface area contributed by atoms with Gasteiger partial charge >= 0.3 is 0 Å². The molecule has 0 radical (unpaired) electrons. The van der Waals surface area contributed by atoms with Crippen LogP contribution in [0.1, 0.15) is 11.1 Å². The number of rotatable bonds is 7. The normalized spacial score (nSPS) is 18.5. The Labute approximate surface area is 224 Å². The molecule has 2 heterocycles. The lowest BCUT2D eigenvalue weighted by molar-refractivity contribution is -0.133. The molecule has 2 aromatic carbocycles. The van der Waals surface area contributed by atoms with Crippen LogP contribution in [0, 0.1) is 0 Å². The molecule has 3 N–H and O–H groups in total. The highest BCUT2D eigenvalue weighted by atomic mass is 127. The van der Waals surface area contributed by atoms with Crippen molar-refractivity contribution in [2.45, 2.75) is 15.4 Å². The maximum absolute atomic E-state index is 13.3. The third-order valence-corrected chi connectivity index (χ3v) is 9.64. The number of anilines is 1. The number of ether oxygens (including phenoxy) is 1. The van der Waals surface area contributed by atoms with Crippen LogP contribution >= 0.6 is 22.6 Å². The number of sulfonamides is 1. The molecule has 0 saturated carbocycles. The summed E-state index contributed by atoms with van der Waals surface area (Å²) in [6.07, 6.45) is 1.09. The quantitative estimate of drug-likeness (QED) is 0.199. The minimum Gasteiger partial charge on any atom is -0.378 e. The summed E-state index contributed by atoms with van der Waals surface area (Å²) in [7, 11) is -7.02. The molecule has 2 aliphatic heterocycles. The summed E-state index contributed by atoms with van der Waals surface area (Å²) < 4.78 is 56.2. The van der Waals surface area contributed by atoms with E-state index in [0.29, 0.717) is 48.8 Å². The Morgan fingerprint density at radius 1 is 1.17 bits per heavy atom. The zero-order valence-electron chi connectivity index (χ0n) is 19.6. The van der Waals surface area contributed by atoms with Crippen LogP contribution < -0.4 is 15.6 Å². The molecule has 194 valence electrons. The van der Waals surface area contributed by atoms with E-state index in [4.69, 9.17) is 10.6 Å². The number of benzene rings is 2. The molecule has 4 rings (SSSR count). The minimum atomic E-state index is -3.68. The summed E-state index contributed by atoms with van der Waals surface area (Å²) >= 11 is 1.99. The van der Waals surface area contributed by atoms with Gasteiger partial charge in [-0.25, -0.2) is 27.4 Å². The fraction of sp³-hybridized carbons (Fsp3) is 0.348. The van der Waals surface area contributed by atoms with Crippen molar-refractivity contribution in [3.63, 3.8) is 0 Å². The van der Waals surface area contributed by atoms with Gasteiger partial charge in [0.1, 0.15) is 3.92 Å². The van der Waals surface area contributed by atoms with Crippen LogP contribution in [0.4, 0.5) is 5.69 Å². The molecular weight excluding hydrogens is 619 g/mol. The molecule has 13 heteroatoms. The van der Waals surface area contributed by atoms with Crippen molar-refractivity contribution >= 4 is 59.7 Å². The Bertz CT molecular complexity index is 1390. The Kier molecular flexibility index (Phi) is 8.07. The Morgan fingerprint density at radius 2 is 1.81 bits per heavy atom. The maximum Gasteiger partial charge on any atom is 0.239 e. The molecule has 1 amide bonds. The Balaban J connectivity index is 1.75. The number of hydrazine groups is 1. The van der Waals surface area contributed by atoms with E-state index in [1.54, 1.807) is 53.4 Å². The smallest absolute Gasteiger partial charge is 0.239 e. The predicted octanol–water partition coefficient (Wildman–Crippen LogP) is 1.28. The zero-order valence-corrected chi connectivity index (χ0v) is 23.3. The van der Waals surface area contributed by atoms with Crippen molar-refractivity contribution in [3.05, 3.63) is 65.2 Å². The van der Waals surface area contributed by atoms with E-state index in [2.05, 4.69) is 4.72 Å². The molecule has 2 aromatic rings. The van der Waals surface area contributed by atoms with Gasteiger partial charge in [-0.15, -0.1) is 0 Å². The molecule has 1 atom stereocenters. The van der Waals surface area contributed by atoms with Crippen molar-refractivity contribution in [1.29, 1.82) is 0 Å². The van der Waals surface area contributed by atoms with Crippen LogP contribution in [0.25, 0.3) is 5.70 Å². The average molecular weight is 647 g/mol. The van der Waals surface area contributed by atoms with E-state index in [-0.39, 0.29) is 23.1 Å². The largest absolute Gasteiger partial charge is 0.378 e. The Morgan fingerprint density at radius 3 is 2.44 bits per heavy atom. The van der Waals surface area contributed by atoms with Gasteiger partial charge in [0.2, 0.25) is 15.9 Å². The third kappa shape index (κ3) is 5.92. The van der Waals surface area contributed by atoms with E-state index < -0.39 is 23.8 Å². The fourth-order valence-electron chi connectivity index (χ4n) is 4.15. The summed E-state index contributed by atoms with van der Waals surface area (Å²) in [5.41, 5.74) is 2.59. The maximum atomic E-state index is 13.3. The van der Waals surface area contributed by atoms with Crippen molar-refractivity contribution in [2.24, 2.45) is 5.84 Å². The summed E-state index contributed by atoms with van der Waals surface area (Å²) in [6.45, 7) is 1.89. The van der Waals surface area contributed by atoms with Gasteiger partial charge in [-0.05, 0) is 29.3 Å². The lowest BCUT2D eigenvalue weighted by Gasteiger charge is -2.34. The monoisotopic (exact) mass is 646 g/mol. The van der Waals surface area contributed by atoms with E-state index in [0.717, 1.165) is 11.8 Å². The number of fused-ring (bicyclic) bond motifs is 1. The van der Waals surface area contributed by atoms with Gasteiger partial charge in [0.05, 0.1) is 41.5 Å². The van der Waals surface area contributed by atoms with Gasteiger partial charge in [-0.2, -0.15) is 0 Å². The van der Waals surface area contributed by atoms with Crippen LogP contribution in [0.5, 0.6) is 0 Å². The second-order valence-corrected chi connectivity index (χ2v) is 13.6. The van der Waals surface area contributed by atoms with Crippen LogP contribution in [-0.4, -0.2) is 69.9 Å². The molecule has 0 bridgehead atoms. The third-order valence-electron chi connectivity index (χ3n) is 5.97. The van der Waals surface area contributed by atoms with Gasteiger partial charge in [0.25, 0.3) is 0 Å². The van der Waals surface area contributed by atoms with Crippen LogP contribution in [-0.2, 0) is 35.9 Å². The van der Waals surface area contributed by atoms with E-state index in [9.17, 15) is 21.6 Å². The highest BCUT2D eigenvalue weighted by Crippen LogP contribution is 2.39. The molecule has 0 aliphatic carbocycles. The number of hydrogen-bond acceptors (Lipinski definition) is 8. The van der Waals surface area contributed by atoms with Crippen LogP contribution in [0.2, 0.25) is 0 Å². The standard InChI is InChI=1S/C23H27IN4O6S2/c1-35(30,31)26-14-16-6-8-17(9-7-16)28(25)22-18-4-2-3-5-20(18)36(32,33)15-19(22)21(24)23(29)27-10-12-34-13-11-27/h2-9,21,26H,10-15,25H2,1H3. The van der Waals surface area contributed by atoms with Gasteiger partial charge in [0.15, 0.2) is 9.84 Å². The van der Waals surface area contributed by atoms with Gasteiger partial charge in [-0.1, -0.05) is 52.9 Å². The number of sulfone groups is 1. The van der Waals surface area contributed by atoms with Gasteiger partial charge in [-0.3, -0.25) is 9.80 Å². The van der Waals surface area contributed by atoms with Crippen molar-refractivity contribution in [2.75, 3.05) is 43.3 Å². The van der Waals surface area contributed by atoms with Crippen LogP contribution in [0.3, 0.4) is 0 Å². The van der Waals surface area contributed by atoms with E-state index >= 15 is 0 Å². The summed E-state index contributed by atoms with van der Waals surface area (Å²) in [6, 6.07) is 13.5. The fourth-order valence-corrected chi connectivity index (χ4v) is 7.44. The molecule has 10 nitrogen and oxygen atoms in total. The number of halogens is 1. The van der Waals surface area contributed by atoms with Gasteiger partial charge < -0.3 is 9.64 Å². The molecule has 1 unspecified atom stereocenters. The average Bonchev–Trinajstić information content (AvgIpc) is 2.86. The first-order valence-corrected chi connectivity index (χ1v) is 15.9. The number of alkyl halides is 1. The molecule has 36 heavy (non-hydrogen) atoms. The zero-order chi connectivity index (χ0) is 26.1. The molecule has 0 aromatic heterocycles. The van der Waals surface area contributed by atoms with Crippen molar-refractivity contribution in [1.82, 2.24) is 9.62 Å². The van der Waals surface area contributed by atoms with Gasteiger partial charge in [0, 0.05) is 25.2 Å². The second kappa shape index (κ2) is 10.8. The van der Waals surface area contributed by atoms with E-state index in [1.165, 1.54) is 5.01 Å². The number of carbonyl (C=O) groups excluding carboxylic acids is 1. The minimum absolute atomic E-state index is 0.128. The van der Waals surface area contributed by atoms with Crippen molar-refractivity contribution in [3.8, 4) is 0 Å². The molecular formula is C23H27IN4O6S2. The molecule has 0 spiro atoms. The number of hydrogen-bond donors (Lipinski definition) is 2. The summed E-state index contributed by atoms with van der Waals surface area (Å²) in [5.74, 6) is 6.08. The predicted molar refractivity (Wildman–Crippen MR) is 145 cm³/mol. The molecule has 2 aliphatic rings. The molecule has 1 fully saturated rings. The molecule has 1 saturated heterocycles. The number of nitrogens with zero attached hydrogens (tertiary/aromatic N) is 2. The highest BCUT2D eigenvalue weighted by molar-refractivity contribution is 14.1. The first-order chi connectivity index (χ1) is 17.0. The topological polar surface area (TPSA) is 139 Å². The Hall–Kier alpha value is -2.04. The number of carbonyl (C=O) groups is 1. The van der Waals surface area contributed by atoms with Crippen molar-refractivity contribution < 1.29 is 26.4 Å². The number of nitrogens with one attached hydrogen (secondary N) is 1. The first-order valence-electron chi connectivity index (χ1n) is 11.1. The first kappa shape index (κ1) is 27.0. The number of nitrogens with two attached hydrogens (primary N) is 1. The van der Waals surface area contributed by atoms with E-state index in [1.807, 2.05) is 22.6 Å².